The Bertz CT molecular complexity index is 367. The number of nitrogens with zero attached hydrogens (tertiary/aromatic N) is 2. The second-order valence-electron chi connectivity index (χ2n) is 5.04. The molecule has 0 bridgehead atoms. The van der Waals surface area contributed by atoms with Gasteiger partial charge in [0.2, 0.25) is 5.91 Å². The zero-order valence-electron chi connectivity index (χ0n) is 11.0. The predicted molar refractivity (Wildman–Crippen MR) is 67.4 cm³/mol. The van der Waals surface area contributed by atoms with E-state index in [1.54, 1.807) is 4.90 Å². The summed E-state index contributed by atoms with van der Waals surface area (Å²) in [6.45, 7) is 2.38. The highest BCUT2D eigenvalue weighted by atomic mass is 16.5. The quantitative estimate of drug-likeness (QED) is 0.655. The van der Waals surface area contributed by atoms with Gasteiger partial charge < -0.3 is 9.64 Å². The number of carbonyl (C=O) groups excluding carboxylic acids is 2. The van der Waals surface area contributed by atoms with Crippen molar-refractivity contribution in [3.63, 3.8) is 0 Å². The number of ether oxygens (including phenoxy) is 1. The van der Waals surface area contributed by atoms with Gasteiger partial charge in [0.1, 0.15) is 6.04 Å². The SMILES string of the molecule is COC(=O)[C@@H]1CC[C@@H]2CCC=NC[C@H](C)C(=O)N21. The molecular formula is C13H20N2O3. The summed E-state index contributed by atoms with van der Waals surface area (Å²) in [5.41, 5.74) is 0. The number of carbonyl (C=O) groups is 2. The Labute approximate surface area is 107 Å². The minimum atomic E-state index is -0.395. The van der Waals surface area contributed by atoms with E-state index in [1.807, 2.05) is 13.1 Å². The first-order valence-corrected chi connectivity index (χ1v) is 6.53. The fraction of sp³-hybridized carbons (Fsp3) is 0.769. The molecule has 0 N–H and O–H groups in total. The molecular weight excluding hydrogens is 232 g/mol. The lowest BCUT2D eigenvalue weighted by Gasteiger charge is -2.30. The minimum Gasteiger partial charge on any atom is -0.467 e. The van der Waals surface area contributed by atoms with E-state index in [1.165, 1.54) is 7.11 Å². The molecule has 3 atom stereocenters. The number of fused-ring (bicyclic) bond motifs is 1. The molecule has 2 aliphatic rings. The summed E-state index contributed by atoms with van der Waals surface area (Å²) in [6, 6.07) is -0.235. The van der Waals surface area contributed by atoms with Gasteiger partial charge >= 0.3 is 5.97 Å². The van der Waals surface area contributed by atoms with Crippen LogP contribution in [0.1, 0.15) is 32.6 Å². The normalized spacial score (nSPS) is 32.4. The molecule has 18 heavy (non-hydrogen) atoms. The van der Waals surface area contributed by atoms with Crippen molar-refractivity contribution in [1.82, 2.24) is 4.90 Å². The van der Waals surface area contributed by atoms with Crippen LogP contribution in [0.5, 0.6) is 0 Å². The third-order valence-corrected chi connectivity index (χ3v) is 3.79. The topological polar surface area (TPSA) is 59.0 Å². The van der Waals surface area contributed by atoms with Crippen LogP contribution in [0.15, 0.2) is 4.99 Å². The molecule has 100 valence electrons. The maximum atomic E-state index is 12.4. The van der Waals surface area contributed by atoms with Crippen molar-refractivity contribution in [2.75, 3.05) is 13.7 Å². The Morgan fingerprint density at radius 2 is 2.22 bits per heavy atom. The number of aliphatic imine (C=N–C) groups is 1. The van der Waals surface area contributed by atoms with E-state index >= 15 is 0 Å². The standard InChI is InChI=1S/C13H20N2O3/c1-9-8-14-7-3-4-10-5-6-11(13(17)18-2)15(10)12(9)16/h7,9-11H,3-6,8H2,1-2H3/t9-,10-,11-/m0/s1. The molecule has 0 aromatic rings. The Kier molecular flexibility index (Phi) is 3.99. The zero-order chi connectivity index (χ0) is 13.1. The third-order valence-electron chi connectivity index (χ3n) is 3.79. The van der Waals surface area contributed by atoms with Crippen LogP contribution in [0.25, 0.3) is 0 Å². The van der Waals surface area contributed by atoms with Crippen LogP contribution >= 0.6 is 0 Å². The van der Waals surface area contributed by atoms with Crippen LogP contribution in [0, 0.1) is 5.92 Å². The Hall–Kier alpha value is -1.39. The molecule has 0 aliphatic carbocycles. The monoisotopic (exact) mass is 252 g/mol. The number of hydrogen-bond donors (Lipinski definition) is 0. The van der Waals surface area contributed by atoms with Crippen LogP contribution < -0.4 is 0 Å². The van der Waals surface area contributed by atoms with E-state index in [-0.39, 0.29) is 23.8 Å². The lowest BCUT2D eigenvalue weighted by atomic mass is 10.1. The zero-order valence-corrected chi connectivity index (χ0v) is 11.0. The molecule has 0 unspecified atom stereocenters. The van der Waals surface area contributed by atoms with Gasteiger partial charge in [0.25, 0.3) is 0 Å². The molecule has 1 saturated heterocycles. The van der Waals surface area contributed by atoms with Crippen molar-refractivity contribution in [2.45, 2.75) is 44.7 Å². The summed E-state index contributed by atoms with van der Waals surface area (Å²) < 4.78 is 4.81. The van der Waals surface area contributed by atoms with Gasteiger partial charge in [-0.05, 0) is 31.9 Å². The average molecular weight is 252 g/mol. The van der Waals surface area contributed by atoms with Gasteiger partial charge in [0.05, 0.1) is 13.0 Å². The molecule has 0 saturated carbocycles. The lowest BCUT2D eigenvalue weighted by molar-refractivity contribution is -0.153. The summed E-state index contributed by atoms with van der Waals surface area (Å²) in [7, 11) is 1.38. The number of amides is 1. The van der Waals surface area contributed by atoms with Crippen molar-refractivity contribution in [3.8, 4) is 0 Å². The molecule has 0 radical (unpaired) electrons. The van der Waals surface area contributed by atoms with Crippen molar-refractivity contribution < 1.29 is 14.3 Å². The third kappa shape index (κ3) is 2.40. The Morgan fingerprint density at radius 1 is 1.44 bits per heavy atom. The molecule has 1 amide bonds. The summed E-state index contributed by atoms with van der Waals surface area (Å²) in [5.74, 6) is -0.419. The van der Waals surface area contributed by atoms with Gasteiger partial charge in [0, 0.05) is 12.6 Å². The maximum absolute atomic E-state index is 12.4. The van der Waals surface area contributed by atoms with Crippen molar-refractivity contribution in [2.24, 2.45) is 10.9 Å². The van der Waals surface area contributed by atoms with Crippen molar-refractivity contribution >= 4 is 18.1 Å². The summed E-state index contributed by atoms with van der Waals surface area (Å²) in [5, 5.41) is 0. The molecule has 0 spiro atoms. The molecule has 2 heterocycles. The Morgan fingerprint density at radius 3 is 2.94 bits per heavy atom. The largest absolute Gasteiger partial charge is 0.467 e. The van der Waals surface area contributed by atoms with Gasteiger partial charge in [-0.3, -0.25) is 9.79 Å². The van der Waals surface area contributed by atoms with Crippen molar-refractivity contribution in [3.05, 3.63) is 0 Å². The molecule has 2 aliphatic heterocycles. The second kappa shape index (κ2) is 5.50. The molecule has 2 rings (SSSR count). The molecule has 1 fully saturated rings. The van der Waals surface area contributed by atoms with Gasteiger partial charge in [-0.15, -0.1) is 0 Å². The molecule has 5 nitrogen and oxygen atoms in total. The first-order valence-electron chi connectivity index (χ1n) is 6.53. The van der Waals surface area contributed by atoms with Crippen molar-refractivity contribution in [1.29, 1.82) is 0 Å². The minimum absolute atomic E-state index is 0.0342. The summed E-state index contributed by atoms with van der Waals surface area (Å²) in [6.07, 6.45) is 5.25. The second-order valence-corrected chi connectivity index (χ2v) is 5.04. The molecule has 5 heteroatoms. The average Bonchev–Trinajstić information content (AvgIpc) is 2.80. The number of methoxy groups -OCH3 is 1. The van der Waals surface area contributed by atoms with Crippen LogP contribution in [-0.2, 0) is 14.3 Å². The first-order chi connectivity index (χ1) is 8.65. The van der Waals surface area contributed by atoms with E-state index in [4.69, 9.17) is 4.74 Å². The van der Waals surface area contributed by atoms with Gasteiger partial charge in [-0.25, -0.2) is 4.79 Å². The Balaban J connectivity index is 2.22. The highest BCUT2D eigenvalue weighted by Gasteiger charge is 2.42. The molecule has 0 aromatic carbocycles. The fourth-order valence-corrected chi connectivity index (χ4v) is 2.79. The van der Waals surface area contributed by atoms with Crippen LogP contribution in [0.4, 0.5) is 0 Å². The van der Waals surface area contributed by atoms with E-state index < -0.39 is 6.04 Å². The predicted octanol–water partition coefficient (Wildman–Crippen LogP) is 1.02. The van der Waals surface area contributed by atoms with E-state index in [2.05, 4.69) is 4.99 Å². The number of hydrogen-bond acceptors (Lipinski definition) is 4. The van der Waals surface area contributed by atoms with Crippen LogP contribution in [0.3, 0.4) is 0 Å². The van der Waals surface area contributed by atoms with Gasteiger partial charge in [-0.2, -0.15) is 0 Å². The van der Waals surface area contributed by atoms with E-state index in [9.17, 15) is 9.59 Å². The highest BCUT2D eigenvalue weighted by Crippen LogP contribution is 2.30. The fourth-order valence-electron chi connectivity index (χ4n) is 2.79. The number of rotatable bonds is 1. The number of esters is 1. The maximum Gasteiger partial charge on any atom is 0.328 e. The first kappa shape index (κ1) is 13.1. The highest BCUT2D eigenvalue weighted by molar-refractivity contribution is 5.87. The van der Waals surface area contributed by atoms with E-state index in [0.29, 0.717) is 13.0 Å². The lowest BCUT2D eigenvalue weighted by Crippen LogP contribution is -2.47. The summed E-state index contributed by atoms with van der Waals surface area (Å²) in [4.78, 5) is 30.2. The van der Waals surface area contributed by atoms with Crippen LogP contribution in [0.2, 0.25) is 0 Å². The van der Waals surface area contributed by atoms with Gasteiger partial charge in [-0.1, -0.05) is 6.92 Å². The van der Waals surface area contributed by atoms with Gasteiger partial charge in [0.15, 0.2) is 0 Å². The van der Waals surface area contributed by atoms with E-state index in [0.717, 1.165) is 19.3 Å². The smallest absolute Gasteiger partial charge is 0.328 e. The van der Waals surface area contributed by atoms with Crippen LogP contribution in [-0.4, -0.2) is 48.7 Å². The molecule has 0 aromatic heterocycles. The summed E-state index contributed by atoms with van der Waals surface area (Å²) >= 11 is 0.